The van der Waals surface area contributed by atoms with Gasteiger partial charge in [0.2, 0.25) is 5.91 Å². The van der Waals surface area contributed by atoms with E-state index in [0.29, 0.717) is 11.4 Å². The molecule has 0 heterocycles. The molecule has 10 heavy (non-hydrogen) atoms. The van der Waals surface area contributed by atoms with E-state index in [-0.39, 0.29) is 5.91 Å². The Balaban J connectivity index is 3.37. The van der Waals surface area contributed by atoms with Gasteiger partial charge in [0.15, 0.2) is 0 Å². The molecule has 60 valence electrons. The van der Waals surface area contributed by atoms with Gasteiger partial charge in [-0.25, -0.2) is 0 Å². The van der Waals surface area contributed by atoms with Crippen molar-refractivity contribution in [2.24, 2.45) is 0 Å². The maximum Gasteiger partial charge on any atom is 0.230 e. The Morgan fingerprint density at radius 2 is 2.30 bits per heavy atom. The van der Waals surface area contributed by atoms with E-state index in [2.05, 4.69) is 28.2 Å². The predicted octanol–water partition coefficient (Wildman–Crippen LogP) is 1.69. The molecule has 1 atom stereocenters. The van der Waals surface area contributed by atoms with E-state index in [9.17, 15) is 4.79 Å². The van der Waals surface area contributed by atoms with Gasteiger partial charge in [-0.2, -0.15) is 0 Å². The van der Waals surface area contributed by atoms with Crippen LogP contribution in [0.15, 0.2) is 0 Å². The molecular weight excluding hydrogens is 194 g/mol. The Bertz CT molecular complexity index is 106. The fourth-order valence-corrected chi connectivity index (χ4v) is 0.980. The van der Waals surface area contributed by atoms with Gasteiger partial charge in [-0.1, -0.05) is 29.3 Å². The van der Waals surface area contributed by atoms with E-state index in [4.69, 9.17) is 0 Å². The van der Waals surface area contributed by atoms with Crippen molar-refractivity contribution in [3.05, 3.63) is 0 Å². The highest BCUT2D eigenvalue weighted by molar-refractivity contribution is 9.09. The average molecular weight is 208 g/mol. The quantitative estimate of drug-likeness (QED) is 0.699. The van der Waals surface area contributed by atoms with Gasteiger partial charge in [0, 0.05) is 6.04 Å². The maximum absolute atomic E-state index is 10.7. The molecule has 0 fully saturated rings. The third-order valence-electron chi connectivity index (χ3n) is 1.25. The summed E-state index contributed by atoms with van der Waals surface area (Å²) in [5.41, 5.74) is 0. The lowest BCUT2D eigenvalue weighted by atomic mass is 10.2. The summed E-state index contributed by atoms with van der Waals surface area (Å²) in [4.78, 5) is 10.7. The molecule has 0 aliphatic rings. The normalized spacial score (nSPS) is 12.7. The zero-order valence-electron chi connectivity index (χ0n) is 6.48. The molecule has 0 aromatic carbocycles. The minimum atomic E-state index is 0.0703. The van der Waals surface area contributed by atoms with Crippen LogP contribution in [0.5, 0.6) is 0 Å². The number of alkyl halides is 1. The van der Waals surface area contributed by atoms with E-state index >= 15 is 0 Å². The van der Waals surface area contributed by atoms with Crippen LogP contribution in [0.1, 0.15) is 26.7 Å². The second-order valence-electron chi connectivity index (χ2n) is 2.39. The van der Waals surface area contributed by atoms with Crippen molar-refractivity contribution in [1.29, 1.82) is 0 Å². The highest BCUT2D eigenvalue weighted by atomic mass is 79.9. The fourth-order valence-electron chi connectivity index (χ4n) is 0.819. The summed E-state index contributed by atoms with van der Waals surface area (Å²) in [6.07, 6.45) is 2.17. The van der Waals surface area contributed by atoms with Crippen LogP contribution in [0.4, 0.5) is 0 Å². The van der Waals surface area contributed by atoms with Crippen LogP contribution in [-0.2, 0) is 4.79 Å². The molecule has 1 amide bonds. The monoisotopic (exact) mass is 207 g/mol. The second-order valence-corrected chi connectivity index (χ2v) is 2.95. The molecule has 0 radical (unpaired) electrons. The van der Waals surface area contributed by atoms with Crippen LogP contribution in [0.25, 0.3) is 0 Å². The molecule has 3 heteroatoms. The average Bonchev–Trinajstić information content (AvgIpc) is 1.88. The minimum absolute atomic E-state index is 0.0703. The zero-order valence-corrected chi connectivity index (χ0v) is 8.07. The standard InChI is InChI=1S/C7H14BrNO/c1-3-4-6(2)9-7(10)5-8/h6H,3-5H2,1-2H3,(H,9,10). The molecule has 1 unspecified atom stereocenters. The fraction of sp³-hybridized carbons (Fsp3) is 0.857. The van der Waals surface area contributed by atoms with Crippen molar-refractivity contribution in [2.75, 3.05) is 5.33 Å². The molecule has 0 aromatic rings. The lowest BCUT2D eigenvalue weighted by molar-refractivity contribution is -0.119. The van der Waals surface area contributed by atoms with Crippen LogP contribution in [-0.4, -0.2) is 17.3 Å². The van der Waals surface area contributed by atoms with Crippen molar-refractivity contribution in [3.63, 3.8) is 0 Å². The Hall–Kier alpha value is -0.0500. The summed E-state index contributed by atoms with van der Waals surface area (Å²) in [6, 6.07) is 0.315. The van der Waals surface area contributed by atoms with Crippen molar-refractivity contribution < 1.29 is 4.79 Å². The molecule has 0 saturated carbocycles. The third-order valence-corrected chi connectivity index (χ3v) is 1.76. The highest BCUT2D eigenvalue weighted by Gasteiger charge is 2.02. The zero-order chi connectivity index (χ0) is 7.98. The third kappa shape index (κ3) is 4.79. The molecule has 0 aliphatic heterocycles. The van der Waals surface area contributed by atoms with Gasteiger partial charge in [0.25, 0.3) is 0 Å². The van der Waals surface area contributed by atoms with Crippen molar-refractivity contribution in [3.8, 4) is 0 Å². The van der Waals surface area contributed by atoms with Crippen LogP contribution in [0.2, 0.25) is 0 Å². The van der Waals surface area contributed by atoms with Crippen molar-refractivity contribution in [1.82, 2.24) is 5.32 Å². The molecule has 0 rings (SSSR count). The molecule has 1 N–H and O–H groups in total. The van der Waals surface area contributed by atoms with Gasteiger partial charge in [0.1, 0.15) is 0 Å². The minimum Gasteiger partial charge on any atom is -0.353 e. The van der Waals surface area contributed by atoms with Gasteiger partial charge >= 0.3 is 0 Å². The number of carbonyl (C=O) groups is 1. The number of nitrogens with one attached hydrogen (secondary N) is 1. The van der Waals surface area contributed by atoms with E-state index in [0.717, 1.165) is 12.8 Å². The summed E-state index contributed by atoms with van der Waals surface area (Å²) in [5, 5.41) is 3.25. The lowest BCUT2D eigenvalue weighted by Crippen LogP contribution is -2.32. The first kappa shape index (κ1) is 9.95. The maximum atomic E-state index is 10.7. The second kappa shape index (κ2) is 5.71. The Morgan fingerprint density at radius 3 is 2.70 bits per heavy atom. The molecular formula is C7H14BrNO. The van der Waals surface area contributed by atoms with Gasteiger partial charge in [-0.05, 0) is 13.3 Å². The van der Waals surface area contributed by atoms with Crippen LogP contribution in [0, 0.1) is 0 Å². The Kier molecular flexibility index (Phi) is 5.69. The van der Waals surface area contributed by atoms with Crippen molar-refractivity contribution >= 4 is 21.8 Å². The SMILES string of the molecule is CCCC(C)NC(=O)CBr. The topological polar surface area (TPSA) is 29.1 Å². The van der Waals surface area contributed by atoms with Gasteiger partial charge < -0.3 is 5.32 Å². The lowest BCUT2D eigenvalue weighted by Gasteiger charge is -2.10. The van der Waals surface area contributed by atoms with E-state index in [1.165, 1.54) is 0 Å². The number of hydrogen-bond donors (Lipinski definition) is 1. The Labute approximate surface area is 70.5 Å². The number of halogens is 1. The first-order valence-electron chi connectivity index (χ1n) is 3.56. The summed E-state index contributed by atoms with van der Waals surface area (Å²) in [6.45, 7) is 4.13. The molecule has 0 bridgehead atoms. The van der Waals surface area contributed by atoms with E-state index < -0.39 is 0 Å². The number of hydrogen-bond acceptors (Lipinski definition) is 1. The molecule has 0 aromatic heterocycles. The summed E-state index contributed by atoms with van der Waals surface area (Å²) >= 11 is 3.08. The number of carbonyl (C=O) groups excluding carboxylic acids is 1. The number of rotatable bonds is 4. The predicted molar refractivity (Wildman–Crippen MR) is 46.3 cm³/mol. The van der Waals surface area contributed by atoms with Gasteiger partial charge in [-0.15, -0.1) is 0 Å². The summed E-state index contributed by atoms with van der Waals surface area (Å²) in [7, 11) is 0. The van der Waals surface area contributed by atoms with E-state index in [1.54, 1.807) is 0 Å². The number of amides is 1. The van der Waals surface area contributed by atoms with Gasteiger partial charge in [0.05, 0.1) is 5.33 Å². The highest BCUT2D eigenvalue weighted by Crippen LogP contribution is 1.94. The molecule has 2 nitrogen and oxygen atoms in total. The largest absolute Gasteiger partial charge is 0.353 e. The van der Waals surface area contributed by atoms with Crippen LogP contribution >= 0.6 is 15.9 Å². The molecule has 0 spiro atoms. The summed E-state index contributed by atoms with van der Waals surface area (Å²) < 4.78 is 0. The van der Waals surface area contributed by atoms with Crippen LogP contribution < -0.4 is 5.32 Å². The Morgan fingerprint density at radius 1 is 1.70 bits per heavy atom. The first-order chi connectivity index (χ1) is 4.70. The smallest absolute Gasteiger partial charge is 0.230 e. The molecule has 0 aliphatic carbocycles. The van der Waals surface area contributed by atoms with Crippen molar-refractivity contribution in [2.45, 2.75) is 32.7 Å². The van der Waals surface area contributed by atoms with Gasteiger partial charge in [-0.3, -0.25) is 4.79 Å². The van der Waals surface area contributed by atoms with Crippen LogP contribution in [0.3, 0.4) is 0 Å². The van der Waals surface area contributed by atoms with E-state index in [1.807, 2.05) is 6.92 Å². The first-order valence-corrected chi connectivity index (χ1v) is 4.68. The summed E-state index contributed by atoms with van der Waals surface area (Å²) in [5.74, 6) is 0.0703. The molecule has 0 saturated heterocycles.